The zero-order chi connectivity index (χ0) is 17.2. The van der Waals surface area contributed by atoms with Gasteiger partial charge in [-0.1, -0.05) is 78.9 Å². The first-order valence-corrected chi connectivity index (χ1v) is 8.95. The Kier molecular flexibility index (Phi) is 4.25. The van der Waals surface area contributed by atoms with Crippen molar-refractivity contribution < 1.29 is 0 Å². The highest BCUT2D eigenvalue weighted by molar-refractivity contribution is 5.86. The quantitative estimate of drug-likeness (QED) is 0.457. The van der Waals surface area contributed by atoms with Crippen LogP contribution in [0.1, 0.15) is 37.1 Å². The van der Waals surface area contributed by atoms with Crippen LogP contribution in [0.2, 0.25) is 0 Å². The molecule has 0 heterocycles. The first-order valence-electron chi connectivity index (χ1n) is 8.95. The molecule has 2 unspecified atom stereocenters. The van der Waals surface area contributed by atoms with E-state index in [1.54, 1.807) is 0 Å². The fourth-order valence-electron chi connectivity index (χ4n) is 3.67. The van der Waals surface area contributed by atoms with Crippen LogP contribution in [0.15, 0.2) is 84.9 Å². The zero-order valence-corrected chi connectivity index (χ0v) is 14.7. The van der Waals surface area contributed by atoms with Crippen molar-refractivity contribution in [3.63, 3.8) is 0 Å². The minimum atomic E-state index is 0.285. The fourth-order valence-corrected chi connectivity index (χ4v) is 3.67. The van der Waals surface area contributed by atoms with E-state index in [1.165, 1.54) is 32.7 Å². The third-order valence-corrected chi connectivity index (χ3v) is 5.06. The highest BCUT2D eigenvalue weighted by atomic mass is 14.9. The maximum atomic E-state index is 3.77. The maximum Gasteiger partial charge on any atom is 0.0303 e. The highest BCUT2D eigenvalue weighted by Gasteiger charge is 2.13. The molecule has 0 saturated heterocycles. The van der Waals surface area contributed by atoms with Crippen LogP contribution in [0.25, 0.3) is 21.5 Å². The second-order valence-electron chi connectivity index (χ2n) is 6.79. The van der Waals surface area contributed by atoms with Crippen molar-refractivity contribution in [3.05, 3.63) is 96.1 Å². The predicted octanol–water partition coefficient (Wildman–Crippen LogP) is 6.40. The Labute approximate surface area is 149 Å². The molecule has 0 aromatic heterocycles. The van der Waals surface area contributed by atoms with Crippen LogP contribution in [-0.2, 0) is 0 Å². The molecule has 0 bridgehead atoms. The Morgan fingerprint density at radius 1 is 0.600 bits per heavy atom. The molecular weight excluding hydrogens is 302 g/mol. The summed E-state index contributed by atoms with van der Waals surface area (Å²) in [6, 6.07) is 31.0. The summed E-state index contributed by atoms with van der Waals surface area (Å²) in [6.45, 7) is 4.49. The minimum Gasteiger partial charge on any atom is -0.304 e. The van der Waals surface area contributed by atoms with Gasteiger partial charge in [-0.2, -0.15) is 0 Å². The van der Waals surface area contributed by atoms with Crippen molar-refractivity contribution in [2.45, 2.75) is 25.9 Å². The van der Waals surface area contributed by atoms with Gasteiger partial charge in [-0.3, -0.25) is 0 Å². The summed E-state index contributed by atoms with van der Waals surface area (Å²) in [5, 5.41) is 8.99. The molecule has 0 fully saturated rings. The van der Waals surface area contributed by atoms with E-state index in [0.717, 1.165) is 0 Å². The molecule has 0 saturated carbocycles. The topological polar surface area (TPSA) is 12.0 Å². The third-order valence-electron chi connectivity index (χ3n) is 5.06. The average molecular weight is 325 g/mol. The molecule has 1 nitrogen and oxygen atoms in total. The van der Waals surface area contributed by atoms with Gasteiger partial charge < -0.3 is 5.32 Å². The van der Waals surface area contributed by atoms with E-state index in [4.69, 9.17) is 0 Å². The molecule has 1 N–H and O–H groups in total. The smallest absolute Gasteiger partial charge is 0.0303 e. The molecule has 4 rings (SSSR count). The molecule has 1 heteroatoms. The minimum absolute atomic E-state index is 0.285. The summed E-state index contributed by atoms with van der Waals surface area (Å²) in [5.41, 5.74) is 2.68. The van der Waals surface area contributed by atoms with Crippen LogP contribution in [-0.4, -0.2) is 0 Å². The normalized spacial score (nSPS) is 13.8. The first-order chi connectivity index (χ1) is 12.2. The molecule has 0 aliphatic carbocycles. The number of fused-ring (bicyclic) bond motifs is 2. The second-order valence-corrected chi connectivity index (χ2v) is 6.79. The molecule has 4 aromatic carbocycles. The van der Waals surface area contributed by atoms with Crippen molar-refractivity contribution in [3.8, 4) is 0 Å². The van der Waals surface area contributed by atoms with Gasteiger partial charge in [0, 0.05) is 12.1 Å². The van der Waals surface area contributed by atoms with E-state index < -0.39 is 0 Å². The summed E-state index contributed by atoms with van der Waals surface area (Å²) in [5.74, 6) is 0. The molecule has 0 aliphatic rings. The molecule has 0 aliphatic heterocycles. The summed E-state index contributed by atoms with van der Waals surface area (Å²) in [4.78, 5) is 0. The molecule has 0 spiro atoms. The van der Waals surface area contributed by atoms with E-state index in [-0.39, 0.29) is 6.04 Å². The second kappa shape index (κ2) is 6.70. The fraction of sp³-hybridized carbons (Fsp3) is 0.167. The van der Waals surface area contributed by atoms with E-state index >= 15 is 0 Å². The van der Waals surface area contributed by atoms with Crippen LogP contribution in [0.5, 0.6) is 0 Å². The highest BCUT2D eigenvalue weighted by Crippen LogP contribution is 2.27. The monoisotopic (exact) mass is 325 g/mol. The van der Waals surface area contributed by atoms with Crippen molar-refractivity contribution in [2.75, 3.05) is 0 Å². The van der Waals surface area contributed by atoms with Crippen LogP contribution in [0, 0.1) is 0 Å². The lowest BCUT2D eigenvalue weighted by Crippen LogP contribution is -2.22. The average Bonchev–Trinajstić information content (AvgIpc) is 2.67. The van der Waals surface area contributed by atoms with Crippen molar-refractivity contribution in [1.29, 1.82) is 0 Å². The van der Waals surface area contributed by atoms with E-state index in [9.17, 15) is 0 Å². The number of rotatable bonds is 4. The largest absolute Gasteiger partial charge is 0.304 e. The van der Waals surface area contributed by atoms with Gasteiger partial charge in [0.25, 0.3) is 0 Å². The lowest BCUT2D eigenvalue weighted by molar-refractivity contribution is 0.497. The van der Waals surface area contributed by atoms with Gasteiger partial charge in [-0.15, -0.1) is 0 Å². The van der Waals surface area contributed by atoms with Gasteiger partial charge >= 0.3 is 0 Å². The third kappa shape index (κ3) is 3.16. The molecule has 124 valence electrons. The van der Waals surface area contributed by atoms with Gasteiger partial charge in [-0.05, 0) is 52.6 Å². The molecule has 4 aromatic rings. The number of hydrogen-bond donors (Lipinski definition) is 1. The summed E-state index contributed by atoms with van der Waals surface area (Å²) >= 11 is 0. The molecular formula is C24H23N. The number of hydrogen-bond acceptors (Lipinski definition) is 1. The standard InChI is InChI=1S/C24H23N/c1-17(21-15-14-19-8-3-4-10-22(19)16-21)25-18(2)23-13-7-11-20-9-5-6-12-24(20)23/h3-18,25H,1-2H3. The van der Waals surface area contributed by atoms with Crippen LogP contribution in [0.3, 0.4) is 0 Å². The van der Waals surface area contributed by atoms with Crippen molar-refractivity contribution in [1.82, 2.24) is 5.32 Å². The Hall–Kier alpha value is -2.64. The lowest BCUT2D eigenvalue weighted by atomic mass is 9.97. The van der Waals surface area contributed by atoms with E-state index in [1.807, 2.05) is 0 Å². The van der Waals surface area contributed by atoms with Gasteiger partial charge in [0.05, 0.1) is 0 Å². The maximum absolute atomic E-state index is 3.77. The van der Waals surface area contributed by atoms with E-state index in [2.05, 4.69) is 104 Å². The van der Waals surface area contributed by atoms with Crippen LogP contribution in [0.4, 0.5) is 0 Å². The van der Waals surface area contributed by atoms with Crippen LogP contribution < -0.4 is 5.32 Å². The zero-order valence-electron chi connectivity index (χ0n) is 14.7. The Bertz CT molecular complexity index is 1010. The number of benzene rings is 4. The summed E-state index contributed by atoms with van der Waals surface area (Å²) in [6.07, 6.45) is 0. The summed E-state index contributed by atoms with van der Waals surface area (Å²) in [7, 11) is 0. The van der Waals surface area contributed by atoms with Crippen molar-refractivity contribution >= 4 is 21.5 Å². The Morgan fingerprint density at radius 2 is 1.28 bits per heavy atom. The van der Waals surface area contributed by atoms with Gasteiger partial charge in [0.15, 0.2) is 0 Å². The lowest BCUT2D eigenvalue weighted by Gasteiger charge is -2.22. The molecule has 25 heavy (non-hydrogen) atoms. The van der Waals surface area contributed by atoms with Gasteiger partial charge in [0.2, 0.25) is 0 Å². The van der Waals surface area contributed by atoms with Gasteiger partial charge in [0.1, 0.15) is 0 Å². The summed E-state index contributed by atoms with van der Waals surface area (Å²) < 4.78 is 0. The van der Waals surface area contributed by atoms with Gasteiger partial charge in [-0.25, -0.2) is 0 Å². The first kappa shape index (κ1) is 15.9. The predicted molar refractivity (Wildman–Crippen MR) is 108 cm³/mol. The SMILES string of the molecule is CC(NC(C)c1cccc2ccccc12)c1ccc2ccccc2c1. The number of nitrogens with one attached hydrogen (secondary N) is 1. The van der Waals surface area contributed by atoms with Crippen molar-refractivity contribution in [2.24, 2.45) is 0 Å². The molecule has 0 radical (unpaired) electrons. The Balaban J connectivity index is 1.61. The van der Waals surface area contributed by atoms with Crippen LogP contribution >= 0.6 is 0 Å². The Morgan fingerprint density at radius 3 is 2.12 bits per heavy atom. The molecule has 0 amide bonds. The van der Waals surface area contributed by atoms with E-state index in [0.29, 0.717) is 6.04 Å². The molecule has 2 atom stereocenters.